The van der Waals surface area contributed by atoms with Crippen LogP contribution in [0.2, 0.25) is 0 Å². The third kappa shape index (κ3) is 7.22. The van der Waals surface area contributed by atoms with Gasteiger partial charge in [-0.3, -0.25) is 0 Å². The fourth-order valence-electron chi connectivity index (χ4n) is 5.65. The highest BCUT2D eigenvalue weighted by Crippen LogP contribution is 2.48. The van der Waals surface area contributed by atoms with Gasteiger partial charge in [0, 0.05) is 11.1 Å². The lowest BCUT2D eigenvalue weighted by molar-refractivity contribution is -0.165. The van der Waals surface area contributed by atoms with Gasteiger partial charge in [0.2, 0.25) is 0 Å². The van der Waals surface area contributed by atoms with Gasteiger partial charge in [-0.1, -0.05) is 39.8 Å². The van der Waals surface area contributed by atoms with E-state index in [4.69, 9.17) is 9.47 Å². The topological polar surface area (TPSA) is 52.6 Å². The average Bonchev–Trinajstić information content (AvgIpc) is 2.77. The standard InChI is InChI=1S/C28H46O4/c1-7-9-15-27(31-25(29)21(3)4)17-11-23(12-18-27)24-13-19-28(20-14-24,16-10-8-2)32-26(30)22(5)6/h23-24H,3,5,7-20H2,1-2,4,6H3. The molecule has 182 valence electrons. The number of hydrogen-bond donors (Lipinski definition) is 0. The Morgan fingerprint density at radius 1 is 0.719 bits per heavy atom. The fraction of sp³-hybridized carbons (Fsp3) is 0.786. The molecular weight excluding hydrogens is 400 g/mol. The maximum absolute atomic E-state index is 12.3. The summed E-state index contributed by atoms with van der Waals surface area (Å²) >= 11 is 0. The third-order valence-corrected chi connectivity index (χ3v) is 7.84. The quantitative estimate of drug-likeness (QED) is 0.244. The van der Waals surface area contributed by atoms with E-state index in [0.29, 0.717) is 23.0 Å². The van der Waals surface area contributed by atoms with Crippen molar-refractivity contribution in [2.24, 2.45) is 11.8 Å². The molecule has 2 saturated carbocycles. The summed E-state index contributed by atoms with van der Waals surface area (Å²) in [5.74, 6) is 0.873. The number of unbranched alkanes of at least 4 members (excludes halogenated alkanes) is 2. The number of carbonyl (C=O) groups excluding carboxylic acids is 2. The van der Waals surface area contributed by atoms with Crippen molar-refractivity contribution < 1.29 is 19.1 Å². The van der Waals surface area contributed by atoms with Crippen molar-refractivity contribution in [3.8, 4) is 0 Å². The van der Waals surface area contributed by atoms with E-state index >= 15 is 0 Å². The SMILES string of the molecule is C=C(C)C(=O)OC1(CCCC)CCC(C2CCC(CCCC)(OC(=O)C(=C)C)CC2)CC1. The lowest BCUT2D eigenvalue weighted by Crippen LogP contribution is -2.43. The first-order chi connectivity index (χ1) is 15.2. The van der Waals surface area contributed by atoms with E-state index in [2.05, 4.69) is 27.0 Å². The predicted molar refractivity (Wildman–Crippen MR) is 130 cm³/mol. The molecule has 2 fully saturated rings. The van der Waals surface area contributed by atoms with Gasteiger partial charge in [-0.25, -0.2) is 9.59 Å². The first-order valence-electron chi connectivity index (χ1n) is 12.9. The normalized spacial score (nSPS) is 30.4. The number of ether oxygens (including phenoxy) is 2. The van der Waals surface area contributed by atoms with Crippen LogP contribution < -0.4 is 0 Å². The molecule has 0 aromatic heterocycles. The summed E-state index contributed by atoms with van der Waals surface area (Å²) in [6.45, 7) is 15.4. The molecule has 0 heterocycles. The van der Waals surface area contributed by atoms with Crippen molar-refractivity contribution in [1.82, 2.24) is 0 Å². The Hall–Kier alpha value is -1.58. The minimum Gasteiger partial charge on any atom is -0.456 e. The molecule has 0 unspecified atom stereocenters. The highest BCUT2D eigenvalue weighted by molar-refractivity contribution is 5.87. The summed E-state index contributed by atoms with van der Waals surface area (Å²) in [6.07, 6.45) is 14.6. The second-order valence-corrected chi connectivity index (χ2v) is 10.6. The Labute approximate surface area is 196 Å². The summed E-state index contributed by atoms with van der Waals surface area (Å²) < 4.78 is 12.0. The molecule has 0 radical (unpaired) electrons. The zero-order chi connectivity index (χ0) is 23.8. The van der Waals surface area contributed by atoms with Crippen LogP contribution in [0.1, 0.15) is 118 Å². The first kappa shape index (κ1) is 26.7. The predicted octanol–water partition coefficient (Wildman–Crippen LogP) is 7.46. The molecule has 0 spiro atoms. The van der Waals surface area contributed by atoms with Crippen LogP contribution >= 0.6 is 0 Å². The lowest BCUT2D eigenvalue weighted by Gasteiger charge is -2.46. The van der Waals surface area contributed by atoms with E-state index in [0.717, 1.165) is 89.9 Å². The second-order valence-electron chi connectivity index (χ2n) is 10.6. The van der Waals surface area contributed by atoms with Crippen LogP contribution in [-0.2, 0) is 19.1 Å². The number of esters is 2. The van der Waals surface area contributed by atoms with E-state index in [1.165, 1.54) is 0 Å². The molecule has 2 aliphatic carbocycles. The Kier molecular flexibility index (Phi) is 10.0. The minimum atomic E-state index is -0.306. The zero-order valence-electron chi connectivity index (χ0n) is 21.1. The zero-order valence-corrected chi connectivity index (χ0v) is 21.1. The first-order valence-corrected chi connectivity index (χ1v) is 12.9. The highest BCUT2D eigenvalue weighted by atomic mass is 16.6. The number of hydrogen-bond acceptors (Lipinski definition) is 4. The Morgan fingerprint density at radius 2 is 1.03 bits per heavy atom. The van der Waals surface area contributed by atoms with Crippen LogP contribution in [0.3, 0.4) is 0 Å². The van der Waals surface area contributed by atoms with Gasteiger partial charge in [-0.05, 0) is 103 Å². The van der Waals surface area contributed by atoms with Gasteiger partial charge in [0.15, 0.2) is 0 Å². The maximum atomic E-state index is 12.3. The molecule has 0 amide bonds. The van der Waals surface area contributed by atoms with Crippen molar-refractivity contribution in [1.29, 1.82) is 0 Å². The van der Waals surface area contributed by atoms with E-state index < -0.39 is 0 Å². The van der Waals surface area contributed by atoms with Crippen LogP contribution in [0, 0.1) is 11.8 Å². The molecule has 0 N–H and O–H groups in total. The largest absolute Gasteiger partial charge is 0.456 e. The van der Waals surface area contributed by atoms with Crippen LogP contribution in [0.15, 0.2) is 24.3 Å². The third-order valence-electron chi connectivity index (χ3n) is 7.84. The van der Waals surface area contributed by atoms with Gasteiger partial charge < -0.3 is 9.47 Å². The molecule has 2 rings (SSSR count). The van der Waals surface area contributed by atoms with Gasteiger partial charge in [0.05, 0.1) is 0 Å². The van der Waals surface area contributed by atoms with Gasteiger partial charge >= 0.3 is 11.9 Å². The number of carbonyl (C=O) groups is 2. The maximum Gasteiger partial charge on any atom is 0.333 e. The van der Waals surface area contributed by atoms with Crippen molar-refractivity contribution >= 4 is 11.9 Å². The molecular formula is C28H46O4. The van der Waals surface area contributed by atoms with E-state index in [9.17, 15) is 9.59 Å². The molecule has 2 aliphatic rings. The second kappa shape index (κ2) is 12.0. The Bertz CT molecular complexity index is 603. The summed E-state index contributed by atoms with van der Waals surface area (Å²) in [6, 6.07) is 0. The average molecular weight is 447 g/mol. The van der Waals surface area contributed by atoms with E-state index in [1.54, 1.807) is 13.8 Å². The van der Waals surface area contributed by atoms with Crippen molar-refractivity contribution in [2.75, 3.05) is 0 Å². The lowest BCUT2D eigenvalue weighted by atomic mass is 9.66. The minimum absolute atomic E-state index is 0.239. The molecule has 0 aromatic rings. The van der Waals surface area contributed by atoms with Crippen molar-refractivity contribution in [3.05, 3.63) is 24.3 Å². The monoisotopic (exact) mass is 446 g/mol. The Morgan fingerprint density at radius 3 is 1.28 bits per heavy atom. The van der Waals surface area contributed by atoms with Gasteiger partial charge in [0.25, 0.3) is 0 Å². The van der Waals surface area contributed by atoms with Gasteiger partial charge in [0.1, 0.15) is 11.2 Å². The molecule has 4 heteroatoms. The van der Waals surface area contributed by atoms with Crippen LogP contribution in [0.5, 0.6) is 0 Å². The Balaban J connectivity index is 1.97. The molecule has 0 atom stereocenters. The molecule has 0 aliphatic heterocycles. The van der Waals surface area contributed by atoms with Crippen molar-refractivity contribution in [2.45, 2.75) is 129 Å². The van der Waals surface area contributed by atoms with Gasteiger partial charge in [-0.2, -0.15) is 0 Å². The number of rotatable bonds is 11. The summed E-state index contributed by atoms with van der Waals surface area (Å²) in [5.41, 5.74) is 0.365. The smallest absolute Gasteiger partial charge is 0.333 e. The van der Waals surface area contributed by atoms with Crippen molar-refractivity contribution in [3.63, 3.8) is 0 Å². The van der Waals surface area contributed by atoms with Crippen LogP contribution in [0.25, 0.3) is 0 Å². The van der Waals surface area contributed by atoms with Gasteiger partial charge in [-0.15, -0.1) is 0 Å². The molecule has 0 bridgehead atoms. The summed E-state index contributed by atoms with van der Waals surface area (Å²) in [7, 11) is 0. The van der Waals surface area contributed by atoms with Crippen LogP contribution in [-0.4, -0.2) is 23.1 Å². The molecule has 4 nitrogen and oxygen atoms in total. The van der Waals surface area contributed by atoms with E-state index in [1.807, 2.05) is 0 Å². The fourth-order valence-corrected chi connectivity index (χ4v) is 5.65. The molecule has 0 aromatic carbocycles. The highest BCUT2D eigenvalue weighted by Gasteiger charge is 2.44. The molecule has 32 heavy (non-hydrogen) atoms. The summed E-state index contributed by atoms with van der Waals surface area (Å²) in [5, 5.41) is 0. The van der Waals surface area contributed by atoms with E-state index in [-0.39, 0.29) is 23.1 Å². The van der Waals surface area contributed by atoms with Crippen LogP contribution in [0.4, 0.5) is 0 Å². The molecule has 0 saturated heterocycles. The summed E-state index contributed by atoms with van der Waals surface area (Å²) in [4.78, 5) is 24.6.